The number of benzene rings is 7. The van der Waals surface area contributed by atoms with E-state index in [0.29, 0.717) is 12.2 Å². The van der Waals surface area contributed by atoms with Gasteiger partial charge in [0.05, 0.1) is 0 Å². The smallest absolute Gasteiger partial charge is 0.311 e. The summed E-state index contributed by atoms with van der Waals surface area (Å²) in [5.74, 6) is 0.523. The molecule has 31 heavy (non-hydrogen) atoms. The third-order valence-electron chi connectivity index (χ3n) is 6.92. The van der Waals surface area contributed by atoms with Crippen LogP contribution in [0.15, 0.2) is 66.7 Å². The lowest BCUT2D eigenvalue weighted by molar-refractivity contribution is -0.134. The molecule has 0 unspecified atom stereocenters. The summed E-state index contributed by atoms with van der Waals surface area (Å²) in [4.78, 5) is 12.5. The van der Waals surface area contributed by atoms with Gasteiger partial charge in [0.2, 0.25) is 0 Å². The number of carbonyl (C=O) groups excluding carboxylic acids is 1. The highest BCUT2D eigenvalue weighted by Gasteiger charge is 2.22. The molecule has 0 N–H and O–H groups in total. The predicted molar refractivity (Wildman–Crippen MR) is 130 cm³/mol. The summed E-state index contributed by atoms with van der Waals surface area (Å²) in [5, 5.41) is 14.9. The summed E-state index contributed by atoms with van der Waals surface area (Å²) < 4.78 is 5.93. The molecule has 0 aliphatic heterocycles. The summed E-state index contributed by atoms with van der Waals surface area (Å²) in [7, 11) is 0. The van der Waals surface area contributed by atoms with Crippen LogP contribution in [0.5, 0.6) is 5.75 Å². The Balaban J connectivity index is 1.71. The zero-order chi connectivity index (χ0) is 20.7. The fraction of sp³-hybridized carbons (Fsp3) is 0.138. The van der Waals surface area contributed by atoms with Crippen molar-refractivity contribution in [3.8, 4) is 5.75 Å². The monoisotopic (exact) mass is 400 g/mol. The van der Waals surface area contributed by atoms with Gasteiger partial charge in [0, 0.05) is 17.2 Å². The Hall–Kier alpha value is -3.65. The Morgan fingerprint density at radius 1 is 0.645 bits per heavy atom. The van der Waals surface area contributed by atoms with Gasteiger partial charge in [0.15, 0.2) is 0 Å². The molecule has 0 bridgehead atoms. The van der Waals surface area contributed by atoms with E-state index in [4.69, 9.17) is 4.74 Å². The van der Waals surface area contributed by atoms with Crippen LogP contribution in [-0.4, -0.2) is 5.97 Å². The topological polar surface area (TPSA) is 26.3 Å². The van der Waals surface area contributed by atoms with Gasteiger partial charge < -0.3 is 4.74 Å². The van der Waals surface area contributed by atoms with E-state index in [1.54, 1.807) is 0 Å². The zero-order valence-electron chi connectivity index (χ0n) is 17.3. The molecule has 2 nitrogen and oxygen atoms in total. The van der Waals surface area contributed by atoms with Gasteiger partial charge in [0.1, 0.15) is 5.75 Å². The molecular formula is C29H20O2. The summed E-state index contributed by atoms with van der Waals surface area (Å²) in [6.07, 6.45) is 2.29. The van der Waals surface area contributed by atoms with Gasteiger partial charge >= 0.3 is 5.97 Å². The van der Waals surface area contributed by atoms with Crippen molar-refractivity contribution in [2.24, 2.45) is 0 Å². The summed E-state index contributed by atoms with van der Waals surface area (Å²) >= 11 is 0. The SMILES string of the molecule is CCCCC(=O)Oc1cc2ccc3ccc4ccc5ccc6ccc1c1c6c5c4c3c21. The maximum atomic E-state index is 12.5. The van der Waals surface area contributed by atoms with Gasteiger partial charge in [-0.05, 0) is 72.4 Å². The summed E-state index contributed by atoms with van der Waals surface area (Å²) in [5.41, 5.74) is 0. The van der Waals surface area contributed by atoms with E-state index in [2.05, 4.69) is 73.7 Å². The molecule has 0 atom stereocenters. The first kappa shape index (κ1) is 17.1. The van der Waals surface area contributed by atoms with E-state index < -0.39 is 0 Å². The Labute approximate surface area is 179 Å². The molecule has 0 radical (unpaired) electrons. The van der Waals surface area contributed by atoms with E-state index in [9.17, 15) is 4.79 Å². The highest BCUT2D eigenvalue weighted by atomic mass is 16.5. The maximum absolute atomic E-state index is 12.5. The van der Waals surface area contributed by atoms with Crippen molar-refractivity contribution in [2.45, 2.75) is 26.2 Å². The second-order valence-corrected chi connectivity index (χ2v) is 8.69. The first-order chi connectivity index (χ1) is 15.2. The minimum absolute atomic E-state index is 0.151. The number of hydrogen-bond acceptors (Lipinski definition) is 2. The number of carbonyl (C=O) groups is 1. The standard InChI is InChI=1S/C29H20O2/c1-2-3-4-23(30)31-22-15-20-12-11-18-8-6-16-5-7-17-9-10-19-13-14-21(22)29-27(19)25(17)24(16)26(18)28(20)29/h5-15H,2-4H2,1H3. The highest BCUT2D eigenvalue weighted by Crippen LogP contribution is 2.50. The van der Waals surface area contributed by atoms with Crippen LogP contribution in [0.1, 0.15) is 26.2 Å². The third kappa shape index (κ3) is 2.14. The van der Waals surface area contributed by atoms with Gasteiger partial charge in [-0.15, -0.1) is 0 Å². The quantitative estimate of drug-likeness (QED) is 0.129. The molecule has 0 saturated heterocycles. The Morgan fingerprint density at radius 3 is 1.65 bits per heavy atom. The molecule has 2 heteroatoms. The lowest BCUT2D eigenvalue weighted by Gasteiger charge is -2.21. The van der Waals surface area contributed by atoms with Crippen LogP contribution in [0.2, 0.25) is 0 Å². The van der Waals surface area contributed by atoms with Gasteiger partial charge in [-0.2, -0.15) is 0 Å². The van der Waals surface area contributed by atoms with Gasteiger partial charge in [-0.25, -0.2) is 0 Å². The molecule has 0 heterocycles. The molecule has 0 fully saturated rings. The summed E-state index contributed by atoms with van der Waals surface area (Å²) in [6, 6.07) is 24.1. The van der Waals surface area contributed by atoms with E-state index in [0.717, 1.165) is 23.6 Å². The molecule has 7 aromatic rings. The van der Waals surface area contributed by atoms with Crippen molar-refractivity contribution >= 4 is 70.6 Å². The van der Waals surface area contributed by atoms with Gasteiger partial charge in [-0.1, -0.05) is 67.9 Å². The molecule has 0 saturated carbocycles. The van der Waals surface area contributed by atoms with Crippen LogP contribution in [-0.2, 0) is 4.79 Å². The molecule has 0 aromatic heterocycles. The normalized spacial score (nSPS) is 12.5. The average molecular weight is 400 g/mol. The third-order valence-corrected chi connectivity index (χ3v) is 6.92. The first-order valence-electron chi connectivity index (χ1n) is 11.1. The van der Waals surface area contributed by atoms with Crippen LogP contribution in [0.25, 0.3) is 64.6 Å². The minimum atomic E-state index is -0.151. The maximum Gasteiger partial charge on any atom is 0.311 e. The van der Waals surface area contributed by atoms with Gasteiger partial charge in [0.25, 0.3) is 0 Å². The van der Waals surface area contributed by atoms with Crippen molar-refractivity contribution in [2.75, 3.05) is 0 Å². The highest BCUT2D eigenvalue weighted by molar-refractivity contribution is 6.44. The van der Waals surface area contributed by atoms with Crippen molar-refractivity contribution in [3.05, 3.63) is 66.7 Å². The van der Waals surface area contributed by atoms with Crippen LogP contribution in [0.3, 0.4) is 0 Å². The predicted octanol–water partition coefficient (Wildman–Crippen LogP) is 8.01. The van der Waals surface area contributed by atoms with E-state index in [1.807, 2.05) is 0 Å². The zero-order valence-corrected chi connectivity index (χ0v) is 17.3. The van der Waals surface area contributed by atoms with Crippen LogP contribution in [0, 0.1) is 0 Å². The molecule has 0 amide bonds. The molecule has 0 spiro atoms. The first-order valence-corrected chi connectivity index (χ1v) is 11.1. The molecule has 7 aromatic carbocycles. The van der Waals surface area contributed by atoms with Crippen molar-refractivity contribution in [1.82, 2.24) is 0 Å². The van der Waals surface area contributed by atoms with Crippen LogP contribution < -0.4 is 4.74 Å². The largest absolute Gasteiger partial charge is 0.426 e. The Kier molecular flexibility index (Phi) is 3.28. The number of hydrogen-bond donors (Lipinski definition) is 0. The van der Waals surface area contributed by atoms with Crippen LogP contribution >= 0.6 is 0 Å². The van der Waals surface area contributed by atoms with E-state index >= 15 is 0 Å². The summed E-state index contributed by atoms with van der Waals surface area (Å²) in [6.45, 7) is 2.09. The van der Waals surface area contributed by atoms with Crippen LogP contribution in [0.4, 0.5) is 0 Å². The molecule has 0 aliphatic carbocycles. The Bertz CT molecular complexity index is 1700. The second kappa shape index (κ2) is 5.95. The van der Waals surface area contributed by atoms with E-state index in [1.165, 1.54) is 53.9 Å². The number of rotatable bonds is 4. The molecule has 0 aliphatic rings. The van der Waals surface area contributed by atoms with E-state index in [-0.39, 0.29) is 5.97 Å². The molecular weight excluding hydrogens is 380 g/mol. The minimum Gasteiger partial charge on any atom is -0.426 e. The molecule has 7 rings (SSSR count). The average Bonchev–Trinajstić information content (AvgIpc) is 2.81. The second-order valence-electron chi connectivity index (χ2n) is 8.69. The molecule has 148 valence electrons. The number of unbranched alkanes of at least 4 members (excludes halogenated alkanes) is 1. The van der Waals surface area contributed by atoms with Gasteiger partial charge in [-0.3, -0.25) is 4.79 Å². The number of ether oxygens (including phenoxy) is 1. The lowest BCUT2D eigenvalue weighted by Crippen LogP contribution is -2.08. The Morgan fingerprint density at radius 2 is 1.10 bits per heavy atom. The lowest BCUT2D eigenvalue weighted by atomic mass is 9.83. The van der Waals surface area contributed by atoms with Crippen molar-refractivity contribution < 1.29 is 9.53 Å². The van der Waals surface area contributed by atoms with Crippen molar-refractivity contribution in [1.29, 1.82) is 0 Å². The fourth-order valence-electron chi connectivity index (χ4n) is 5.53. The number of esters is 1. The van der Waals surface area contributed by atoms with Crippen molar-refractivity contribution in [3.63, 3.8) is 0 Å². The fourth-order valence-corrected chi connectivity index (χ4v) is 5.53.